The topological polar surface area (TPSA) is 0 Å². The summed E-state index contributed by atoms with van der Waals surface area (Å²) in [5.41, 5.74) is 1.33. The first kappa shape index (κ1) is 12.8. The molecular weight excluding hydrogens is 416 g/mol. The maximum absolute atomic E-state index is 3.73. The highest BCUT2D eigenvalue weighted by molar-refractivity contribution is 9.11. The van der Waals surface area contributed by atoms with Crippen LogP contribution in [0.2, 0.25) is 0 Å². The van der Waals surface area contributed by atoms with Crippen molar-refractivity contribution < 1.29 is 0 Å². The van der Waals surface area contributed by atoms with Crippen LogP contribution in [0, 0.1) is 0 Å². The van der Waals surface area contributed by atoms with Crippen molar-refractivity contribution in [1.29, 1.82) is 0 Å². The minimum Gasteiger partial charge on any atom is -0.132 e. The van der Waals surface area contributed by atoms with Crippen LogP contribution in [0.1, 0.15) is 15.3 Å². The number of hydrogen-bond donors (Lipinski definition) is 0. The summed E-state index contributed by atoms with van der Waals surface area (Å²) in [6, 6.07) is 12.7. The van der Waals surface area contributed by atoms with Gasteiger partial charge in [0.2, 0.25) is 0 Å². The van der Waals surface area contributed by atoms with Crippen molar-refractivity contribution in [3.63, 3.8) is 0 Å². The van der Waals surface area contributed by atoms with Gasteiger partial charge in [0.05, 0.1) is 8.61 Å². The Hall–Kier alpha value is 0.360. The first-order chi connectivity index (χ1) is 7.65. The molecule has 4 heteroatoms. The van der Waals surface area contributed by atoms with Gasteiger partial charge in [-0.1, -0.05) is 44.0 Å². The zero-order valence-corrected chi connectivity index (χ0v) is 13.9. The van der Waals surface area contributed by atoms with E-state index in [9.17, 15) is 0 Å². The third-order valence-electron chi connectivity index (χ3n) is 2.21. The smallest absolute Gasteiger partial charge is 0.0701 e. The van der Waals surface area contributed by atoms with Crippen LogP contribution in [0.5, 0.6) is 0 Å². The van der Waals surface area contributed by atoms with E-state index in [4.69, 9.17) is 0 Å². The van der Waals surface area contributed by atoms with Crippen molar-refractivity contribution in [3.8, 4) is 0 Å². The first-order valence-electron chi connectivity index (χ1n) is 4.79. The van der Waals surface area contributed by atoms with Crippen molar-refractivity contribution in [1.82, 2.24) is 0 Å². The van der Waals surface area contributed by atoms with Crippen LogP contribution in [0.15, 0.2) is 44.7 Å². The summed E-state index contributed by atoms with van der Waals surface area (Å²) in [5, 5.41) is 0. The van der Waals surface area contributed by atoms with Crippen LogP contribution in [-0.2, 0) is 6.42 Å². The second-order valence-electron chi connectivity index (χ2n) is 3.44. The molecule has 2 aromatic rings. The minimum absolute atomic E-state index is 0.387. The largest absolute Gasteiger partial charge is 0.132 e. The molecule has 16 heavy (non-hydrogen) atoms. The molecule has 1 aromatic heterocycles. The fraction of sp³-hybridized carbons (Fsp3) is 0.167. The zero-order chi connectivity index (χ0) is 11.5. The first-order valence-corrected chi connectivity index (χ1v) is 8.11. The van der Waals surface area contributed by atoms with Crippen LogP contribution in [0.25, 0.3) is 0 Å². The Morgan fingerprint density at radius 3 is 2.56 bits per heavy atom. The van der Waals surface area contributed by atoms with Gasteiger partial charge in [0, 0.05) is 9.35 Å². The lowest BCUT2D eigenvalue weighted by molar-refractivity contribution is 0.968. The molecule has 1 atom stereocenters. The predicted octanol–water partition coefficient (Wildman–Crippen LogP) is 5.95. The van der Waals surface area contributed by atoms with Crippen molar-refractivity contribution in [3.05, 3.63) is 55.1 Å². The number of thiophene rings is 1. The molecule has 0 N–H and O–H groups in total. The Morgan fingerprint density at radius 2 is 1.94 bits per heavy atom. The maximum Gasteiger partial charge on any atom is 0.0701 e. The van der Waals surface area contributed by atoms with Crippen molar-refractivity contribution >= 4 is 59.1 Å². The monoisotopic (exact) mass is 422 g/mol. The van der Waals surface area contributed by atoms with E-state index in [0.717, 1.165) is 10.9 Å². The summed E-state index contributed by atoms with van der Waals surface area (Å²) >= 11 is 12.5. The summed E-state index contributed by atoms with van der Waals surface area (Å²) in [7, 11) is 0. The second-order valence-corrected chi connectivity index (χ2v) is 7.96. The predicted molar refractivity (Wildman–Crippen MR) is 81.5 cm³/mol. The average Bonchev–Trinajstić information content (AvgIpc) is 2.65. The molecule has 0 bridgehead atoms. The highest BCUT2D eigenvalue weighted by Crippen LogP contribution is 2.34. The van der Waals surface area contributed by atoms with Gasteiger partial charge in [0.25, 0.3) is 0 Å². The molecule has 0 aliphatic carbocycles. The quantitative estimate of drug-likeness (QED) is 0.534. The lowest BCUT2D eigenvalue weighted by Crippen LogP contribution is -1.92. The molecule has 0 saturated heterocycles. The van der Waals surface area contributed by atoms with Crippen molar-refractivity contribution in [2.75, 3.05) is 0 Å². The summed E-state index contributed by atoms with van der Waals surface area (Å²) in [6.07, 6.45) is 1.01. The van der Waals surface area contributed by atoms with Crippen LogP contribution in [0.4, 0.5) is 0 Å². The molecule has 0 amide bonds. The highest BCUT2D eigenvalue weighted by Gasteiger charge is 2.10. The van der Waals surface area contributed by atoms with Gasteiger partial charge in [0.15, 0.2) is 0 Å². The van der Waals surface area contributed by atoms with Gasteiger partial charge in [-0.05, 0) is 52.2 Å². The molecule has 0 spiro atoms. The van der Waals surface area contributed by atoms with E-state index in [1.165, 1.54) is 14.2 Å². The summed E-state index contributed by atoms with van der Waals surface area (Å²) in [6.45, 7) is 0. The fourth-order valence-electron chi connectivity index (χ4n) is 1.47. The Bertz CT molecular complexity index is 479. The Labute approximate surface area is 124 Å². The van der Waals surface area contributed by atoms with Gasteiger partial charge < -0.3 is 0 Å². The number of rotatable bonds is 3. The molecule has 84 valence electrons. The van der Waals surface area contributed by atoms with E-state index in [1.807, 2.05) is 0 Å². The molecule has 2 rings (SSSR count). The molecule has 1 aromatic carbocycles. The standard InChI is InChI=1S/C12H9Br3S/c13-9-3-1-2-8(6-9)7-10(14)11-4-5-12(15)16-11/h1-6,10H,7H2. The summed E-state index contributed by atoms with van der Waals surface area (Å²) in [4.78, 5) is 1.74. The fourth-order valence-corrected chi connectivity index (χ4v) is 4.12. The third kappa shape index (κ3) is 3.42. The molecule has 1 heterocycles. The Balaban J connectivity index is 2.10. The normalized spacial score (nSPS) is 12.7. The van der Waals surface area contributed by atoms with E-state index in [2.05, 4.69) is 84.2 Å². The van der Waals surface area contributed by atoms with Gasteiger partial charge >= 0.3 is 0 Å². The van der Waals surface area contributed by atoms with Crippen LogP contribution in [0.3, 0.4) is 0 Å². The second kappa shape index (κ2) is 5.80. The third-order valence-corrected chi connectivity index (χ3v) is 5.56. The number of benzene rings is 1. The number of halogens is 3. The minimum atomic E-state index is 0.387. The Kier molecular flexibility index (Phi) is 4.65. The Morgan fingerprint density at radius 1 is 1.12 bits per heavy atom. The van der Waals surface area contributed by atoms with E-state index in [1.54, 1.807) is 11.3 Å². The van der Waals surface area contributed by atoms with Crippen LogP contribution >= 0.6 is 59.1 Å². The molecule has 0 saturated carbocycles. The lowest BCUT2D eigenvalue weighted by atomic mass is 10.1. The average molecular weight is 425 g/mol. The summed E-state index contributed by atoms with van der Waals surface area (Å²) in [5.74, 6) is 0. The molecule has 0 aliphatic rings. The SMILES string of the molecule is Brc1cccc(CC(Br)c2ccc(Br)s2)c1. The maximum atomic E-state index is 3.73. The molecular formula is C12H9Br3S. The van der Waals surface area contributed by atoms with Gasteiger partial charge in [-0.3, -0.25) is 0 Å². The molecule has 0 nitrogen and oxygen atoms in total. The molecule has 1 unspecified atom stereocenters. The van der Waals surface area contributed by atoms with Crippen LogP contribution in [-0.4, -0.2) is 0 Å². The highest BCUT2D eigenvalue weighted by atomic mass is 79.9. The van der Waals surface area contributed by atoms with E-state index in [0.29, 0.717) is 4.83 Å². The molecule has 0 radical (unpaired) electrons. The van der Waals surface area contributed by atoms with E-state index < -0.39 is 0 Å². The van der Waals surface area contributed by atoms with Gasteiger partial charge in [-0.15, -0.1) is 11.3 Å². The molecule has 0 fully saturated rings. The zero-order valence-electron chi connectivity index (χ0n) is 8.29. The summed E-state index contributed by atoms with van der Waals surface area (Å²) < 4.78 is 2.32. The van der Waals surface area contributed by atoms with Gasteiger partial charge in [0.1, 0.15) is 0 Å². The van der Waals surface area contributed by atoms with Crippen LogP contribution < -0.4 is 0 Å². The molecule has 0 aliphatic heterocycles. The van der Waals surface area contributed by atoms with Crippen molar-refractivity contribution in [2.45, 2.75) is 11.2 Å². The van der Waals surface area contributed by atoms with E-state index in [-0.39, 0.29) is 0 Å². The van der Waals surface area contributed by atoms with Gasteiger partial charge in [-0.25, -0.2) is 0 Å². The number of hydrogen-bond acceptors (Lipinski definition) is 1. The van der Waals surface area contributed by atoms with Crippen molar-refractivity contribution in [2.24, 2.45) is 0 Å². The van der Waals surface area contributed by atoms with E-state index >= 15 is 0 Å². The van der Waals surface area contributed by atoms with Gasteiger partial charge in [-0.2, -0.15) is 0 Å². The lowest BCUT2D eigenvalue weighted by Gasteiger charge is -2.07. The number of alkyl halides is 1.